The second-order valence-corrected chi connectivity index (χ2v) is 8.59. The Morgan fingerprint density at radius 2 is 1.76 bits per heavy atom. The van der Waals surface area contributed by atoms with E-state index < -0.39 is 30.5 Å². The molecule has 0 saturated carbocycles. The van der Waals surface area contributed by atoms with Gasteiger partial charge in [-0.3, -0.25) is 4.79 Å². The molecule has 0 aliphatic carbocycles. The number of alkyl halides is 3. The highest BCUT2D eigenvalue weighted by molar-refractivity contribution is 6.31. The first-order valence-corrected chi connectivity index (χ1v) is 11.2. The molecule has 0 fully saturated rings. The van der Waals surface area contributed by atoms with Gasteiger partial charge in [0.2, 0.25) is 0 Å². The van der Waals surface area contributed by atoms with Crippen LogP contribution in [0.3, 0.4) is 0 Å². The summed E-state index contributed by atoms with van der Waals surface area (Å²) in [7, 11) is 1.65. The van der Waals surface area contributed by atoms with E-state index in [-0.39, 0.29) is 23.6 Å². The molecular formula is C26H22ClF4NO5. The number of hydrogen-bond donors (Lipinski definition) is 2. The number of carboxylic acid groups (broad SMARTS) is 1. The van der Waals surface area contributed by atoms with Crippen molar-refractivity contribution in [2.24, 2.45) is 0 Å². The molecule has 0 saturated heterocycles. The van der Waals surface area contributed by atoms with Crippen LogP contribution in [-0.4, -0.2) is 42.4 Å². The SMILES string of the molecule is C[C@@H](c1ccc(-c2ccc(C(=O)O)cc2F)cc1Cl)C(O)c1ccc2c(c1)N(C)C(=O)CO2.FC(F)F. The number of likely N-dealkylation sites (N-methyl/N-ethyl adjacent to an activating group) is 1. The molecule has 4 rings (SSSR count). The number of ether oxygens (including phenoxy) is 1. The van der Waals surface area contributed by atoms with Gasteiger partial charge in [0.1, 0.15) is 11.6 Å². The summed E-state index contributed by atoms with van der Waals surface area (Å²) in [5.74, 6) is -1.89. The maximum absolute atomic E-state index is 14.4. The number of anilines is 1. The van der Waals surface area contributed by atoms with Crippen LogP contribution in [0.1, 0.15) is 40.4 Å². The average molecular weight is 540 g/mol. The minimum atomic E-state index is -3.67. The third-order valence-electron chi connectivity index (χ3n) is 5.90. The molecule has 196 valence electrons. The van der Waals surface area contributed by atoms with Crippen molar-refractivity contribution in [3.8, 4) is 16.9 Å². The largest absolute Gasteiger partial charge is 0.482 e. The number of benzene rings is 3. The van der Waals surface area contributed by atoms with Crippen LogP contribution in [-0.2, 0) is 4.79 Å². The molecule has 2 N–H and O–H groups in total. The number of amides is 1. The summed E-state index contributed by atoms with van der Waals surface area (Å²) in [6.07, 6.45) is -0.921. The lowest BCUT2D eigenvalue weighted by Crippen LogP contribution is -2.35. The van der Waals surface area contributed by atoms with E-state index in [4.69, 9.17) is 21.4 Å². The number of rotatable bonds is 5. The average Bonchev–Trinajstić information content (AvgIpc) is 2.84. The summed E-state index contributed by atoms with van der Waals surface area (Å²) in [4.78, 5) is 24.5. The number of carbonyl (C=O) groups is 2. The van der Waals surface area contributed by atoms with Gasteiger partial charge in [-0.1, -0.05) is 42.8 Å². The molecule has 1 heterocycles. The van der Waals surface area contributed by atoms with Crippen molar-refractivity contribution in [2.75, 3.05) is 18.6 Å². The Morgan fingerprint density at radius 3 is 2.35 bits per heavy atom. The molecule has 0 aromatic heterocycles. The van der Waals surface area contributed by atoms with Crippen LogP contribution >= 0.6 is 11.6 Å². The highest BCUT2D eigenvalue weighted by atomic mass is 35.5. The minimum absolute atomic E-state index is 0.0244. The van der Waals surface area contributed by atoms with Crippen LogP contribution in [0.4, 0.5) is 23.2 Å². The Morgan fingerprint density at radius 1 is 1.08 bits per heavy atom. The van der Waals surface area contributed by atoms with E-state index >= 15 is 0 Å². The number of halogens is 5. The van der Waals surface area contributed by atoms with Crippen molar-refractivity contribution in [3.05, 3.63) is 82.1 Å². The van der Waals surface area contributed by atoms with Gasteiger partial charge in [0, 0.05) is 23.6 Å². The molecular weight excluding hydrogens is 518 g/mol. The van der Waals surface area contributed by atoms with E-state index in [0.29, 0.717) is 33.1 Å². The Balaban J connectivity index is 0.000000886. The van der Waals surface area contributed by atoms with E-state index in [1.54, 1.807) is 43.4 Å². The summed E-state index contributed by atoms with van der Waals surface area (Å²) in [6, 6.07) is 13.9. The zero-order valence-electron chi connectivity index (χ0n) is 19.6. The Kier molecular flexibility index (Phi) is 8.77. The molecule has 3 aromatic carbocycles. The number of aliphatic hydroxyl groups excluding tert-OH is 1. The summed E-state index contributed by atoms with van der Waals surface area (Å²) >= 11 is 6.50. The van der Waals surface area contributed by atoms with Crippen molar-refractivity contribution in [1.29, 1.82) is 0 Å². The number of fused-ring (bicyclic) bond motifs is 1. The number of carbonyl (C=O) groups excluding carboxylic acids is 1. The van der Waals surface area contributed by atoms with Gasteiger partial charge in [-0.15, -0.1) is 0 Å². The standard InChI is InChI=1S/C25H21ClFNO5.CHF3/c1-13(24(30)15-5-8-22-21(11-15)28(2)23(29)12-33-22)17-6-3-14(9-19(17)26)18-7-4-16(25(31)32)10-20(18)27;2-1(3)4/h3-11,13,24,30H,12H2,1-2H3,(H,31,32);1H/t13-,24?;/m0./s1. The highest BCUT2D eigenvalue weighted by Gasteiger charge is 2.26. The number of nitrogens with zero attached hydrogens (tertiary/aromatic N) is 1. The monoisotopic (exact) mass is 539 g/mol. The van der Waals surface area contributed by atoms with Gasteiger partial charge in [0.05, 0.1) is 17.4 Å². The van der Waals surface area contributed by atoms with Crippen LogP contribution in [0.25, 0.3) is 11.1 Å². The molecule has 1 unspecified atom stereocenters. The van der Waals surface area contributed by atoms with Gasteiger partial charge in [-0.25, -0.2) is 9.18 Å². The van der Waals surface area contributed by atoms with Crippen LogP contribution in [0, 0.1) is 5.82 Å². The molecule has 37 heavy (non-hydrogen) atoms. The number of hydrogen-bond acceptors (Lipinski definition) is 4. The van der Waals surface area contributed by atoms with Crippen molar-refractivity contribution in [1.82, 2.24) is 0 Å². The summed E-state index contributed by atoms with van der Waals surface area (Å²) in [5, 5.41) is 20.4. The predicted octanol–water partition coefficient (Wildman–Crippen LogP) is 6.22. The Bertz CT molecular complexity index is 1320. The fourth-order valence-corrected chi connectivity index (χ4v) is 4.23. The molecule has 2 atom stereocenters. The quantitative estimate of drug-likeness (QED) is 0.376. The third-order valence-corrected chi connectivity index (χ3v) is 6.23. The normalized spacial score (nSPS) is 14.3. The predicted molar refractivity (Wildman–Crippen MR) is 130 cm³/mol. The number of carboxylic acids is 1. The van der Waals surface area contributed by atoms with Crippen molar-refractivity contribution in [2.45, 2.75) is 25.6 Å². The summed E-state index contributed by atoms with van der Waals surface area (Å²) in [5.41, 5.74) is 2.42. The van der Waals surface area contributed by atoms with Gasteiger partial charge in [0.25, 0.3) is 5.91 Å². The second-order valence-electron chi connectivity index (χ2n) is 8.19. The molecule has 0 radical (unpaired) electrons. The lowest BCUT2D eigenvalue weighted by molar-refractivity contribution is -0.121. The van der Waals surface area contributed by atoms with Gasteiger partial charge in [0.15, 0.2) is 6.61 Å². The second kappa shape index (κ2) is 11.6. The number of aliphatic hydroxyl groups is 1. The van der Waals surface area contributed by atoms with Crippen LogP contribution < -0.4 is 9.64 Å². The molecule has 0 spiro atoms. The first kappa shape index (κ1) is 27.9. The van der Waals surface area contributed by atoms with E-state index in [0.717, 1.165) is 6.07 Å². The molecule has 1 amide bonds. The molecule has 11 heteroatoms. The van der Waals surface area contributed by atoms with Gasteiger partial charge < -0.3 is 19.8 Å². The van der Waals surface area contributed by atoms with Gasteiger partial charge in [-0.05, 0) is 47.0 Å². The fourth-order valence-electron chi connectivity index (χ4n) is 3.88. The Labute approximate surface area is 214 Å². The van der Waals surface area contributed by atoms with Crippen LogP contribution in [0.15, 0.2) is 54.6 Å². The molecule has 1 aliphatic heterocycles. The summed E-state index contributed by atoms with van der Waals surface area (Å²) < 4.78 is 48.9. The molecule has 3 aromatic rings. The Hall–Kier alpha value is -3.63. The first-order chi connectivity index (χ1) is 17.4. The van der Waals surface area contributed by atoms with E-state index in [1.165, 1.54) is 17.0 Å². The van der Waals surface area contributed by atoms with Crippen LogP contribution in [0.2, 0.25) is 5.02 Å². The first-order valence-electron chi connectivity index (χ1n) is 10.9. The van der Waals surface area contributed by atoms with Crippen molar-refractivity contribution < 1.29 is 42.1 Å². The third kappa shape index (κ3) is 6.39. The van der Waals surface area contributed by atoms with E-state index in [9.17, 15) is 32.3 Å². The lowest BCUT2D eigenvalue weighted by Gasteiger charge is -2.28. The van der Waals surface area contributed by atoms with E-state index in [1.807, 2.05) is 6.92 Å². The van der Waals surface area contributed by atoms with Gasteiger partial charge in [-0.2, -0.15) is 13.2 Å². The van der Waals surface area contributed by atoms with Crippen molar-refractivity contribution >= 4 is 29.2 Å². The summed E-state index contributed by atoms with van der Waals surface area (Å²) in [6.45, 7) is -1.87. The van der Waals surface area contributed by atoms with Crippen LogP contribution in [0.5, 0.6) is 5.75 Å². The maximum Gasteiger partial charge on any atom is 0.379 e. The maximum atomic E-state index is 14.4. The topological polar surface area (TPSA) is 87.1 Å². The smallest absolute Gasteiger partial charge is 0.379 e. The molecule has 0 bridgehead atoms. The zero-order chi connectivity index (χ0) is 27.4. The number of aromatic carboxylic acids is 1. The van der Waals surface area contributed by atoms with Gasteiger partial charge >= 0.3 is 12.6 Å². The lowest BCUT2D eigenvalue weighted by atomic mass is 9.89. The van der Waals surface area contributed by atoms with Crippen molar-refractivity contribution in [3.63, 3.8) is 0 Å². The fraction of sp³-hybridized carbons (Fsp3) is 0.231. The minimum Gasteiger partial charge on any atom is -0.482 e. The van der Waals surface area contributed by atoms with E-state index in [2.05, 4.69) is 0 Å². The highest BCUT2D eigenvalue weighted by Crippen LogP contribution is 2.40. The molecule has 6 nitrogen and oxygen atoms in total. The molecule has 1 aliphatic rings. The zero-order valence-corrected chi connectivity index (χ0v) is 20.3.